The second-order valence-corrected chi connectivity index (χ2v) is 2.77. The number of fused-ring (bicyclic) bond motifs is 1. The molecule has 1 aliphatic heterocycles. The van der Waals surface area contributed by atoms with Crippen LogP contribution in [0, 0.1) is 0 Å². The average Bonchev–Trinajstić information content (AvgIpc) is 2.50. The number of nitrogens with one attached hydrogen (secondary N) is 1. The molecular formula is C9H11N3. The molecule has 0 aromatic carbocycles. The fourth-order valence-corrected chi connectivity index (χ4v) is 1.37. The second kappa shape index (κ2) is 2.95. The van der Waals surface area contributed by atoms with Crippen LogP contribution >= 0.6 is 0 Å². The Balaban J connectivity index is 2.13. The van der Waals surface area contributed by atoms with E-state index in [2.05, 4.69) is 23.3 Å². The lowest BCUT2D eigenvalue weighted by Gasteiger charge is -2.20. The maximum Gasteiger partial charge on any atom is 0.0933 e. The number of nitrogens with zero attached hydrogens (tertiary/aromatic N) is 2. The molecule has 1 atom stereocenters. The molecule has 1 aliphatic carbocycles. The molecule has 0 spiro atoms. The second-order valence-electron chi connectivity index (χ2n) is 2.77. The van der Waals surface area contributed by atoms with Crippen LogP contribution in [0.1, 0.15) is 0 Å². The zero-order valence-electron chi connectivity index (χ0n) is 6.77. The number of hydrogen-bond donors (Lipinski definition) is 1. The minimum Gasteiger partial charge on any atom is -0.239 e. The summed E-state index contributed by atoms with van der Waals surface area (Å²) in [6.45, 7) is 4.49. The molecule has 2 rings (SSSR count). The summed E-state index contributed by atoms with van der Waals surface area (Å²) in [4.78, 5) is 0. The molecule has 2 aliphatic rings. The molecule has 62 valence electrons. The summed E-state index contributed by atoms with van der Waals surface area (Å²) in [5.74, 6) is 0. The predicted molar refractivity (Wildman–Crippen MR) is 49.5 cm³/mol. The molecule has 0 amide bonds. The molecule has 3 heteroatoms. The van der Waals surface area contributed by atoms with E-state index in [0.29, 0.717) is 0 Å². The van der Waals surface area contributed by atoms with Crippen molar-refractivity contribution in [2.45, 2.75) is 6.04 Å². The minimum absolute atomic E-state index is 0.285. The van der Waals surface area contributed by atoms with Crippen molar-refractivity contribution in [2.75, 3.05) is 6.54 Å². The van der Waals surface area contributed by atoms with Crippen molar-refractivity contribution in [1.29, 1.82) is 0 Å². The van der Waals surface area contributed by atoms with Gasteiger partial charge in [0, 0.05) is 6.54 Å². The van der Waals surface area contributed by atoms with Crippen LogP contribution in [0.3, 0.4) is 0 Å². The zero-order chi connectivity index (χ0) is 8.39. The van der Waals surface area contributed by atoms with Crippen molar-refractivity contribution in [3.8, 4) is 0 Å². The Morgan fingerprint density at radius 2 is 2.58 bits per heavy atom. The molecule has 1 unspecified atom stereocenters. The van der Waals surface area contributed by atoms with Gasteiger partial charge in [0.05, 0.1) is 11.8 Å². The summed E-state index contributed by atoms with van der Waals surface area (Å²) in [7, 11) is 0. The highest BCUT2D eigenvalue weighted by Gasteiger charge is 2.25. The lowest BCUT2D eigenvalue weighted by molar-refractivity contribution is 0.235. The number of hydrazone groups is 1. The third-order valence-corrected chi connectivity index (χ3v) is 1.94. The van der Waals surface area contributed by atoms with Crippen LogP contribution in [0.5, 0.6) is 0 Å². The standard InChI is InChI=1S/C9H11N3/c1-2-7-12-9-6-4-3-5-8(9)10-11-12/h2-6,9,11H,1,7H2. The fraction of sp³-hybridized carbons (Fsp3) is 0.222. The van der Waals surface area contributed by atoms with E-state index in [9.17, 15) is 0 Å². The van der Waals surface area contributed by atoms with Crippen molar-refractivity contribution >= 4 is 5.71 Å². The van der Waals surface area contributed by atoms with Crippen molar-refractivity contribution in [1.82, 2.24) is 10.5 Å². The largest absolute Gasteiger partial charge is 0.239 e. The monoisotopic (exact) mass is 161 g/mol. The van der Waals surface area contributed by atoms with Crippen LogP contribution in [-0.2, 0) is 0 Å². The first-order valence-corrected chi connectivity index (χ1v) is 3.97. The summed E-state index contributed by atoms with van der Waals surface area (Å²) in [6, 6.07) is 0.285. The molecular weight excluding hydrogens is 150 g/mol. The lowest BCUT2D eigenvalue weighted by atomic mass is 10.1. The van der Waals surface area contributed by atoms with Crippen LogP contribution in [0.2, 0.25) is 0 Å². The Morgan fingerprint density at radius 3 is 3.42 bits per heavy atom. The van der Waals surface area contributed by atoms with Crippen LogP contribution in [-0.4, -0.2) is 23.3 Å². The first-order valence-electron chi connectivity index (χ1n) is 3.97. The van der Waals surface area contributed by atoms with E-state index in [1.54, 1.807) is 0 Å². The van der Waals surface area contributed by atoms with E-state index in [1.165, 1.54) is 0 Å². The topological polar surface area (TPSA) is 27.6 Å². The van der Waals surface area contributed by atoms with Gasteiger partial charge >= 0.3 is 0 Å². The van der Waals surface area contributed by atoms with Gasteiger partial charge in [-0.1, -0.05) is 24.3 Å². The highest BCUT2D eigenvalue weighted by molar-refractivity contribution is 6.02. The minimum atomic E-state index is 0.285. The Hall–Kier alpha value is -1.35. The van der Waals surface area contributed by atoms with Crippen LogP contribution in [0.4, 0.5) is 0 Å². The van der Waals surface area contributed by atoms with Gasteiger partial charge in [0.15, 0.2) is 0 Å². The Kier molecular flexibility index (Phi) is 1.80. The third kappa shape index (κ3) is 1.08. The van der Waals surface area contributed by atoms with Crippen molar-refractivity contribution < 1.29 is 0 Å². The van der Waals surface area contributed by atoms with Gasteiger partial charge in [0.1, 0.15) is 0 Å². The summed E-state index contributed by atoms with van der Waals surface area (Å²) in [5.41, 5.74) is 4.02. The molecule has 0 aromatic heterocycles. The third-order valence-electron chi connectivity index (χ3n) is 1.94. The van der Waals surface area contributed by atoms with E-state index in [0.717, 1.165) is 12.3 Å². The Labute approximate surface area is 71.7 Å². The number of rotatable bonds is 2. The molecule has 3 nitrogen and oxygen atoms in total. The molecule has 0 bridgehead atoms. The number of hydrogen-bond acceptors (Lipinski definition) is 3. The van der Waals surface area contributed by atoms with E-state index >= 15 is 0 Å². The lowest BCUT2D eigenvalue weighted by Crippen LogP contribution is -2.39. The van der Waals surface area contributed by atoms with Crippen molar-refractivity contribution in [3.63, 3.8) is 0 Å². The normalized spacial score (nSPS) is 26.3. The van der Waals surface area contributed by atoms with Gasteiger partial charge in [-0.15, -0.1) is 6.58 Å². The first kappa shape index (κ1) is 7.31. The van der Waals surface area contributed by atoms with Crippen molar-refractivity contribution in [3.05, 3.63) is 37.0 Å². The first-order chi connectivity index (χ1) is 5.92. The quantitative estimate of drug-likeness (QED) is 0.608. The number of hydrazine groups is 1. The molecule has 0 saturated heterocycles. The van der Waals surface area contributed by atoms with Crippen molar-refractivity contribution in [2.24, 2.45) is 5.10 Å². The summed E-state index contributed by atoms with van der Waals surface area (Å²) in [6.07, 6.45) is 10.0. The van der Waals surface area contributed by atoms with E-state index < -0.39 is 0 Å². The summed E-state index contributed by atoms with van der Waals surface area (Å²) in [5, 5.41) is 6.19. The molecule has 0 aromatic rings. The highest BCUT2D eigenvalue weighted by Crippen LogP contribution is 2.12. The van der Waals surface area contributed by atoms with Gasteiger partial charge in [-0.05, 0) is 6.08 Å². The SMILES string of the molecule is C=CCN1NN=C2C=CC=CC21. The smallest absolute Gasteiger partial charge is 0.0933 e. The Morgan fingerprint density at radius 1 is 1.67 bits per heavy atom. The van der Waals surface area contributed by atoms with E-state index in [1.807, 2.05) is 29.3 Å². The molecule has 0 fully saturated rings. The average molecular weight is 161 g/mol. The predicted octanol–water partition coefficient (Wildman–Crippen LogP) is 0.843. The maximum absolute atomic E-state index is 4.16. The Bertz CT molecular complexity index is 275. The summed E-state index contributed by atoms with van der Waals surface area (Å²) < 4.78 is 0. The van der Waals surface area contributed by atoms with Gasteiger partial charge in [-0.3, -0.25) is 0 Å². The number of allylic oxidation sites excluding steroid dienone is 2. The zero-order valence-corrected chi connectivity index (χ0v) is 6.77. The van der Waals surface area contributed by atoms with Gasteiger partial charge in [0.25, 0.3) is 0 Å². The molecule has 1 heterocycles. The molecule has 1 N–H and O–H groups in total. The van der Waals surface area contributed by atoms with Gasteiger partial charge in [-0.25, -0.2) is 5.53 Å². The summed E-state index contributed by atoms with van der Waals surface area (Å²) >= 11 is 0. The van der Waals surface area contributed by atoms with E-state index in [4.69, 9.17) is 0 Å². The fourth-order valence-electron chi connectivity index (χ4n) is 1.37. The van der Waals surface area contributed by atoms with Crippen LogP contribution in [0.15, 0.2) is 42.1 Å². The maximum atomic E-state index is 4.16. The van der Waals surface area contributed by atoms with Gasteiger partial charge in [-0.2, -0.15) is 10.1 Å². The molecule has 12 heavy (non-hydrogen) atoms. The highest BCUT2D eigenvalue weighted by atomic mass is 15.7. The van der Waals surface area contributed by atoms with Gasteiger partial charge < -0.3 is 0 Å². The van der Waals surface area contributed by atoms with Gasteiger partial charge in [0.2, 0.25) is 0 Å². The van der Waals surface area contributed by atoms with Crippen LogP contribution < -0.4 is 5.53 Å². The van der Waals surface area contributed by atoms with E-state index in [-0.39, 0.29) is 6.04 Å². The van der Waals surface area contributed by atoms with Crippen LogP contribution in [0.25, 0.3) is 0 Å². The molecule has 0 radical (unpaired) electrons. The molecule has 0 saturated carbocycles.